The first-order valence-corrected chi connectivity index (χ1v) is 11.2. The Morgan fingerprint density at radius 3 is 2.62 bits per heavy atom. The second kappa shape index (κ2) is 7.68. The third kappa shape index (κ3) is 3.95. The van der Waals surface area contributed by atoms with Crippen LogP contribution in [0.25, 0.3) is 0 Å². The largest absolute Gasteiger partial charge is 0.486 e. The van der Waals surface area contributed by atoms with Gasteiger partial charge in [0, 0.05) is 25.2 Å². The highest BCUT2D eigenvalue weighted by Crippen LogP contribution is 2.33. The van der Waals surface area contributed by atoms with Crippen LogP contribution in [-0.2, 0) is 21.2 Å². The molecule has 0 bridgehead atoms. The maximum atomic E-state index is 13.0. The van der Waals surface area contributed by atoms with Gasteiger partial charge in [0.1, 0.15) is 13.2 Å². The zero-order valence-corrected chi connectivity index (χ0v) is 17.3. The number of nitrogens with one attached hydrogen (secondary N) is 1. The number of sulfonamides is 1. The minimum Gasteiger partial charge on any atom is -0.486 e. The molecule has 0 saturated heterocycles. The Morgan fingerprint density at radius 1 is 1.10 bits per heavy atom. The summed E-state index contributed by atoms with van der Waals surface area (Å²) in [7, 11) is -3.73. The normalized spacial score (nSPS) is 16.8. The summed E-state index contributed by atoms with van der Waals surface area (Å²) < 4.78 is 39.7. The molecule has 2 aromatic carbocycles. The van der Waals surface area contributed by atoms with Crippen molar-refractivity contribution in [2.45, 2.75) is 37.6 Å². The highest BCUT2D eigenvalue weighted by Gasteiger charge is 2.25. The number of ether oxygens (including phenoxy) is 2. The lowest BCUT2D eigenvalue weighted by Gasteiger charge is -2.29. The molecule has 1 unspecified atom stereocenters. The summed E-state index contributed by atoms with van der Waals surface area (Å²) in [5, 5.41) is 0. The molecular weight excluding hydrogens is 392 g/mol. The number of rotatable bonds is 4. The number of anilines is 1. The molecule has 0 aliphatic carbocycles. The average molecular weight is 416 g/mol. The van der Waals surface area contributed by atoms with E-state index < -0.39 is 16.1 Å². The summed E-state index contributed by atoms with van der Waals surface area (Å²) in [6.45, 7) is 4.96. The predicted octanol–water partition coefficient (Wildman–Crippen LogP) is 2.80. The van der Waals surface area contributed by atoms with E-state index in [1.165, 1.54) is 6.92 Å². The summed E-state index contributed by atoms with van der Waals surface area (Å²) in [5.41, 5.74) is 2.46. The van der Waals surface area contributed by atoms with Crippen LogP contribution in [-0.4, -0.2) is 34.1 Å². The number of fused-ring (bicyclic) bond motifs is 2. The molecule has 8 heteroatoms. The molecule has 154 valence electrons. The van der Waals surface area contributed by atoms with Crippen molar-refractivity contribution in [3.63, 3.8) is 0 Å². The van der Waals surface area contributed by atoms with Gasteiger partial charge in [0.2, 0.25) is 15.9 Å². The van der Waals surface area contributed by atoms with E-state index in [1.54, 1.807) is 42.2 Å². The average Bonchev–Trinajstić information content (AvgIpc) is 2.72. The first kappa shape index (κ1) is 19.7. The highest BCUT2D eigenvalue weighted by atomic mass is 32.2. The molecule has 2 aromatic rings. The Balaban J connectivity index is 1.56. The Morgan fingerprint density at radius 2 is 1.86 bits per heavy atom. The fraction of sp³-hybridized carbons (Fsp3) is 0.381. The van der Waals surface area contributed by atoms with E-state index in [0.29, 0.717) is 31.3 Å². The fourth-order valence-corrected chi connectivity index (χ4v) is 5.05. The SMILES string of the molecule is CC(=O)N1CCCc2cc(S(=O)(=O)NC(C)c3ccc4c(c3)OCCO4)ccc21. The van der Waals surface area contributed by atoms with Crippen molar-refractivity contribution in [1.82, 2.24) is 4.72 Å². The van der Waals surface area contributed by atoms with Crippen LogP contribution in [0.5, 0.6) is 11.5 Å². The molecule has 2 heterocycles. The Hall–Kier alpha value is -2.58. The van der Waals surface area contributed by atoms with Crippen LogP contribution in [0.2, 0.25) is 0 Å². The second-order valence-electron chi connectivity index (χ2n) is 7.31. The van der Waals surface area contributed by atoms with Gasteiger partial charge in [0.25, 0.3) is 0 Å². The van der Waals surface area contributed by atoms with Crippen molar-refractivity contribution < 1.29 is 22.7 Å². The van der Waals surface area contributed by atoms with Crippen LogP contribution >= 0.6 is 0 Å². The highest BCUT2D eigenvalue weighted by molar-refractivity contribution is 7.89. The molecule has 0 spiro atoms. The van der Waals surface area contributed by atoms with Crippen molar-refractivity contribution in [1.29, 1.82) is 0 Å². The van der Waals surface area contributed by atoms with E-state index in [-0.39, 0.29) is 10.8 Å². The minimum absolute atomic E-state index is 0.0353. The van der Waals surface area contributed by atoms with Crippen molar-refractivity contribution in [2.75, 3.05) is 24.7 Å². The van der Waals surface area contributed by atoms with Gasteiger partial charge < -0.3 is 14.4 Å². The molecule has 0 radical (unpaired) electrons. The lowest BCUT2D eigenvalue weighted by molar-refractivity contribution is -0.116. The zero-order chi connectivity index (χ0) is 20.6. The van der Waals surface area contributed by atoms with Gasteiger partial charge in [0.15, 0.2) is 11.5 Å². The molecule has 7 nitrogen and oxygen atoms in total. The van der Waals surface area contributed by atoms with E-state index >= 15 is 0 Å². The van der Waals surface area contributed by atoms with Crippen LogP contribution in [0.15, 0.2) is 41.3 Å². The van der Waals surface area contributed by atoms with Gasteiger partial charge in [-0.3, -0.25) is 4.79 Å². The smallest absolute Gasteiger partial charge is 0.241 e. The summed E-state index contributed by atoms with van der Waals surface area (Å²) >= 11 is 0. The number of hydrogen-bond acceptors (Lipinski definition) is 5. The van der Waals surface area contributed by atoms with E-state index in [9.17, 15) is 13.2 Å². The molecular formula is C21H24N2O5S. The standard InChI is InChI=1S/C21H24N2O5S/c1-14(16-5-8-20-21(13-16)28-11-10-27-20)22-29(25,26)18-6-7-19-17(12-18)4-3-9-23(19)15(2)24/h5-8,12-14,22H,3-4,9-11H2,1-2H3. The van der Waals surface area contributed by atoms with Gasteiger partial charge in [-0.25, -0.2) is 13.1 Å². The maximum absolute atomic E-state index is 13.0. The van der Waals surface area contributed by atoms with E-state index in [0.717, 1.165) is 29.7 Å². The molecule has 0 saturated carbocycles. The Bertz CT molecular complexity index is 1050. The number of aryl methyl sites for hydroxylation is 1. The monoisotopic (exact) mass is 416 g/mol. The lowest BCUT2D eigenvalue weighted by atomic mass is 10.0. The van der Waals surface area contributed by atoms with Crippen LogP contribution in [0.1, 0.15) is 37.4 Å². The lowest BCUT2D eigenvalue weighted by Crippen LogP contribution is -2.34. The van der Waals surface area contributed by atoms with Crippen molar-refractivity contribution in [3.05, 3.63) is 47.5 Å². The first-order valence-electron chi connectivity index (χ1n) is 9.68. The number of carbonyl (C=O) groups excluding carboxylic acids is 1. The van der Waals surface area contributed by atoms with Crippen molar-refractivity contribution in [3.8, 4) is 11.5 Å². The van der Waals surface area contributed by atoms with Crippen LogP contribution in [0, 0.1) is 0 Å². The van der Waals surface area contributed by atoms with E-state index in [2.05, 4.69) is 4.72 Å². The number of hydrogen-bond donors (Lipinski definition) is 1. The van der Waals surface area contributed by atoms with Crippen LogP contribution in [0.4, 0.5) is 5.69 Å². The minimum atomic E-state index is -3.73. The summed E-state index contributed by atoms with van der Waals surface area (Å²) in [5.74, 6) is 1.25. The van der Waals surface area contributed by atoms with Crippen molar-refractivity contribution >= 4 is 21.6 Å². The number of carbonyl (C=O) groups is 1. The maximum Gasteiger partial charge on any atom is 0.241 e. The van der Waals surface area contributed by atoms with Gasteiger partial charge in [-0.2, -0.15) is 0 Å². The van der Waals surface area contributed by atoms with Gasteiger partial charge >= 0.3 is 0 Å². The Labute approximate surface area is 170 Å². The summed E-state index contributed by atoms with van der Waals surface area (Å²) in [4.78, 5) is 13.7. The second-order valence-corrected chi connectivity index (χ2v) is 9.02. The molecule has 2 aliphatic rings. The van der Waals surface area contributed by atoms with Gasteiger partial charge in [-0.1, -0.05) is 6.07 Å². The number of benzene rings is 2. The van der Waals surface area contributed by atoms with E-state index in [1.807, 2.05) is 6.07 Å². The number of nitrogens with zero attached hydrogens (tertiary/aromatic N) is 1. The molecule has 29 heavy (non-hydrogen) atoms. The molecule has 1 atom stereocenters. The van der Waals surface area contributed by atoms with E-state index in [4.69, 9.17) is 9.47 Å². The topological polar surface area (TPSA) is 84.9 Å². The number of amides is 1. The first-order chi connectivity index (χ1) is 13.8. The molecule has 2 aliphatic heterocycles. The molecule has 4 rings (SSSR count). The molecule has 0 fully saturated rings. The predicted molar refractivity (Wildman–Crippen MR) is 109 cm³/mol. The molecule has 1 N–H and O–H groups in total. The van der Waals surface area contributed by atoms with Crippen LogP contribution in [0.3, 0.4) is 0 Å². The third-order valence-corrected chi connectivity index (χ3v) is 6.80. The van der Waals surface area contributed by atoms with Crippen molar-refractivity contribution in [2.24, 2.45) is 0 Å². The van der Waals surface area contributed by atoms with Gasteiger partial charge in [-0.05, 0) is 61.2 Å². The summed E-state index contributed by atoms with van der Waals surface area (Å²) in [6, 6.07) is 9.93. The summed E-state index contributed by atoms with van der Waals surface area (Å²) in [6.07, 6.45) is 1.57. The van der Waals surface area contributed by atoms with Gasteiger partial charge in [0.05, 0.1) is 4.90 Å². The quantitative estimate of drug-likeness (QED) is 0.829. The van der Waals surface area contributed by atoms with Crippen LogP contribution < -0.4 is 19.1 Å². The molecule has 0 aromatic heterocycles. The fourth-order valence-electron chi connectivity index (χ4n) is 3.77. The molecule has 1 amide bonds. The Kier molecular flexibility index (Phi) is 5.23. The third-order valence-electron chi connectivity index (χ3n) is 5.26. The van der Waals surface area contributed by atoms with Gasteiger partial charge in [-0.15, -0.1) is 0 Å². The zero-order valence-electron chi connectivity index (χ0n) is 16.5.